The Kier molecular flexibility index (Phi) is 4.11. The SMILES string of the molecule is CCNc1cccnc1S(=O)(=O)NC(C)(C)C. The van der Waals surface area contributed by atoms with E-state index >= 15 is 0 Å². The minimum absolute atomic E-state index is 0.0387. The maximum absolute atomic E-state index is 12.1. The van der Waals surface area contributed by atoms with Gasteiger partial charge in [-0.1, -0.05) is 0 Å². The minimum atomic E-state index is -3.59. The normalized spacial score (nSPS) is 12.5. The average molecular weight is 257 g/mol. The van der Waals surface area contributed by atoms with Crippen LogP contribution in [0.15, 0.2) is 23.4 Å². The van der Waals surface area contributed by atoms with Crippen LogP contribution in [0.25, 0.3) is 0 Å². The molecule has 1 heterocycles. The Hall–Kier alpha value is -1.14. The first kappa shape index (κ1) is 13.9. The highest BCUT2D eigenvalue weighted by Gasteiger charge is 2.25. The van der Waals surface area contributed by atoms with Crippen LogP contribution in [0.3, 0.4) is 0 Å². The Labute approximate surface area is 103 Å². The number of aromatic nitrogens is 1. The second-order valence-corrected chi connectivity index (χ2v) is 6.34. The third-order valence-corrected chi connectivity index (χ3v) is 3.55. The van der Waals surface area contributed by atoms with Gasteiger partial charge in [-0.15, -0.1) is 0 Å². The third kappa shape index (κ3) is 3.98. The standard InChI is InChI=1S/C11H19N3O2S/c1-5-12-9-7-6-8-13-10(9)17(15,16)14-11(2,3)4/h6-8,12,14H,5H2,1-4H3. The molecule has 5 nitrogen and oxygen atoms in total. The summed E-state index contributed by atoms with van der Waals surface area (Å²) in [5.74, 6) is 0. The molecule has 96 valence electrons. The summed E-state index contributed by atoms with van der Waals surface area (Å²) in [6.45, 7) is 7.92. The highest BCUT2D eigenvalue weighted by Crippen LogP contribution is 2.19. The van der Waals surface area contributed by atoms with Crippen LogP contribution < -0.4 is 10.0 Å². The van der Waals surface area contributed by atoms with Crippen LogP contribution in [0.2, 0.25) is 0 Å². The van der Waals surface area contributed by atoms with Crippen molar-refractivity contribution >= 4 is 15.7 Å². The lowest BCUT2D eigenvalue weighted by Crippen LogP contribution is -2.41. The van der Waals surface area contributed by atoms with Gasteiger partial charge in [0.1, 0.15) is 0 Å². The number of hydrogen-bond donors (Lipinski definition) is 2. The van der Waals surface area contributed by atoms with E-state index in [1.165, 1.54) is 6.20 Å². The van der Waals surface area contributed by atoms with Crippen molar-refractivity contribution in [2.45, 2.75) is 38.3 Å². The van der Waals surface area contributed by atoms with E-state index in [-0.39, 0.29) is 5.03 Å². The number of rotatable bonds is 4. The van der Waals surface area contributed by atoms with Crippen molar-refractivity contribution in [3.63, 3.8) is 0 Å². The van der Waals surface area contributed by atoms with Crippen LogP contribution >= 0.6 is 0 Å². The number of sulfonamides is 1. The molecule has 0 spiro atoms. The first-order chi connectivity index (χ1) is 7.76. The van der Waals surface area contributed by atoms with Gasteiger partial charge < -0.3 is 5.32 Å². The lowest BCUT2D eigenvalue weighted by atomic mass is 10.1. The molecule has 0 aromatic carbocycles. The quantitative estimate of drug-likeness (QED) is 0.859. The molecular formula is C11H19N3O2S. The number of anilines is 1. The van der Waals surface area contributed by atoms with Gasteiger partial charge in [0.2, 0.25) is 0 Å². The van der Waals surface area contributed by atoms with Gasteiger partial charge in [0.15, 0.2) is 5.03 Å². The third-order valence-electron chi connectivity index (χ3n) is 1.83. The Morgan fingerprint density at radius 1 is 1.35 bits per heavy atom. The highest BCUT2D eigenvalue weighted by atomic mass is 32.2. The van der Waals surface area contributed by atoms with Gasteiger partial charge in [0, 0.05) is 18.3 Å². The summed E-state index contributed by atoms with van der Waals surface area (Å²) >= 11 is 0. The molecule has 0 amide bonds. The van der Waals surface area contributed by atoms with Crippen LogP contribution in [0, 0.1) is 0 Å². The van der Waals surface area contributed by atoms with Gasteiger partial charge in [-0.3, -0.25) is 0 Å². The number of pyridine rings is 1. The summed E-state index contributed by atoms with van der Waals surface area (Å²) < 4.78 is 26.8. The van der Waals surface area contributed by atoms with E-state index in [1.54, 1.807) is 32.9 Å². The zero-order chi connectivity index (χ0) is 13.1. The van der Waals surface area contributed by atoms with E-state index in [0.717, 1.165) is 0 Å². The van der Waals surface area contributed by atoms with Gasteiger partial charge >= 0.3 is 0 Å². The lowest BCUT2D eigenvalue weighted by Gasteiger charge is -2.21. The molecule has 0 aliphatic heterocycles. The summed E-state index contributed by atoms with van der Waals surface area (Å²) in [7, 11) is -3.59. The van der Waals surface area contributed by atoms with Crippen molar-refractivity contribution in [1.29, 1.82) is 0 Å². The van der Waals surface area contributed by atoms with Gasteiger partial charge in [0.05, 0.1) is 5.69 Å². The van der Waals surface area contributed by atoms with E-state index in [9.17, 15) is 8.42 Å². The largest absolute Gasteiger partial charge is 0.383 e. The van der Waals surface area contributed by atoms with E-state index < -0.39 is 15.6 Å². The molecule has 6 heteroatoms. The van der Waals surface area contributed by atoms with Crippen LogP contribution in [-0.2, 0) is 10.0 Å². The van der Waals surface area contributed by atoms with Crippen LogP contribution in [0.4, 0.5) is 5.69 Å². The van der Waals surface area contributed by atoms with Crippen molar-refractivity contribution in [3.05, 3.63) is 18.3 Å². The fourth-order valence-corrected chi connectivity index (χ4v) is 2.91. The first-order valence-electron chi connectivity index (χ1n) is 5.49. The molecule has 0 saturated heterocycles. The van der Waals surface area contributed by atoms with E-state index in [2.05, 4.69) is 15.0 Å². The Bertz CT molecular complexity index is 478. The molecule has 1 rings (SSSR count). The fraction of sp³-hybridized carbons (Fsp3) is 0.545. The smallest absolute Gasteiger partial charge is 0.260 e. The first-order valence-corrected chi connectivity index (χ1v) is 6.97. The molecule has 2 N–H and O–H groups in total. The van der Waals surface area contributed by atoms with E-state index in [0.29, 0.717) is 12.2 Å². The van der Waals surface area contributed by atoms with E-state index in [1.807, 2.05) is 6.92 Å². The minimum Gasteiger partial charge on any atom is -0.383 e. The van der Waals surface area contributed by atoms with Gasteiger partial charge in [-0.05, 0) is 39.8 Å². The molecule has 1 aromatic heterocycles. The predicted octanol–water partition coefficient (Wildman–Crippen LogP) is 1.59. The summed E-state index contributed by atoms with van der Waals surface area (Å²) in [6, 6.07) is 3.40. The molecule has 0 fully saturated rings. The van der Waals surface area contributed by atoms with Crippen molar-refractivity contribution in [2.75, 3.05) is 11.9 Å². The summed E-state index contributed by atoms with van der Waals surface area (Å²) in [5, 5.41) is 3.03. The summed E-state index contributed by atoms with van der Waals surface area (Å²) in [6.07, 6.45) is 1.47. The number of hydrogen-bond acceptors (Lipinski definition) is 4. The Balaban J connectivity index is 3.15. The summed E-state index contributed by atoms with van der Waals surface area (Å²) in [5.41, 5.74) is -0.00780. The van der Waals surface area contributed by atoms with Crippen LogP contribution in [-0.4, -0.2) is 25.5 Å². The number of nitrogens with one attached hydrogen (secondary N) is 2. The Morgan fingerprint density at radius 3 is 2.53 bits per heavy atom. The molecule has 1 aromatic rings. The fourth-order valence-electron chi connectivity index (χ4n) is 1.38. The molecule has 0 saturated carbocycles. The second kappa shape index (κ2) is 5.01. The second-order valence-electron chi connectivity index (χ2n) is 4.74. The topological polar surface area (TPSA) is 71.1 Å². The zero-order valence-corrected chi connectivity index (χ0v) is 11.4. The van der Waals surface area contributed by atoms with Crippen molar-refractivity contribution in [1.82, 2.24) is 9.71 Å². The Morgan fingerprint density at radius 2 is 2.00 bits per heavy atom. The monoisotopic (exact) mass is 257 g/mol. The highest BCUT2D eigenvalue weighted by molar-refractivity contribution is 7.89. The van der Waals surface area contributed by atoms with Crippen molar-refractivity contribution in [2.24, 2.45) is 0 Å². The van der Waals surface area contributed by atoms with Gasteiger partial charge in [-0.25, -0.2) is 18.1 Å². The summed E-state index contributed by atoms with van der Waals surface area (Å²) in [4.78, 5) is 3.94. The lowest BCUT2D eigenvalue weighted by molar-refractivity contribution is 0.490. The van der Waals surface area contributed by atoms with Crippen LogP contribution in [0.1, 0.15) is 27.7 Å². The van der Waals surface area contributed by atoms with E-state index in [4.69, 9.17) is 0 Å². The molecule has 0 unspecified atom stereocenters. The zero-order valence-electron chi connectivity index (χ0n) is 10.6. The molecular weight excluding hydrogens is 238 g/mol. The number of nitrogens with zero attached hydrogens (tertiary/aromatic N) is 1. The maximum atomic E-state index is 12.1. The predicted molar refractivity (Wildman–Crippen MR) is 68.5 cm³/mol. The molecule has 0 aliphatic rings. The molecule has 17 heavy (non-hydrogen) atoms. The molecule has 0 radical (unpaired) electrons. The molecule has 0 atom stereocenters. The van der Waals surface area contributed by atoms with Crippen molar-refractivity contribution in [3.8, 4) is 0 Å². The molecule has 0 bridgehead atoms. The van der Waals surface area contributed by atoms with Crippen LogP contribution in [0.5, 0.6) is 0 Å². The van der Waals surface area contributed by atoms with Gasteiger partial charge in [-0.2, -0.15) is 0 Å². The van der Waals surface area contributed by atoms with Gasteiger partial charge in [0.25, 0.3) is 10.0 Å². The molecule has 0 aliphatic carbocycles. The van der Waals surface area contributed by atoms with Crippen molar-refractivity contribution < 1.29 is 8.42 Å². The maximum Gasteiger partial charge on any atom is 0.260 e. The average Bonchev–Trinajstić information content (AvgIpc) is 2.15.